The third-order valence-corrected chi connectivity index (χ3v) is 2.67. The summed E-state index contributed by atoms with van der Waals surface area (Å²) in [5.74, 6) is -0.715. The molecule has 1 saturated heterocycles. The molecule has 18 heavy (non-hydrogen) atoms. The van der Waals surface area contributed by atoms with Crippen molar-refractivity contribution in [3.8, 4) is 0 Å². The molecule has 0 aromatic carbocycles. The summed E-state index contributed by atoms with van der Waals surface area (Å²) in [4.78, 5) is 11.6. The second kappa shape index (κ2) is 5.48. The predicted molar refractivity (Wildman–Crippen MR) is 58.2 cm³/mol. The van der Waals surface area contributed by atoms with E-state index >= 15 is 0 Å². The molecule has 0 aliphatic carbocycles. The number of carbonyl (C=O) groups excluding carboxylic acids is 1. The van der Waals surface area contributed by atoms with Gasteiger partial charge in [-0.15, -0.1) is 0 Å². The molecule has 0 unspecified atom stereocenters. The maximum atomic E-state index is 13.6. The van der Waals surface area contributed by atoms with Gasteiger partial charge in [0, 0.05) is 0 Å². The first-order valence-corrected chi connectivity index (χ1v) is 5.66. The monoisotopic (exact) mass is 266 g/mol. The highest BCUT2D eigenvalue weighted by Crippen LogP contribution is 2.27. The lowest BCUT2D eigenvalue weighted by molar-refractivity contribution is -0.271. The fraction of sp³-hybridized carbons (Fsp3) is 0.909. The minimum Gasteiger partial charge on any atom is -0.453 e. The zero-order valence-electron chi connectivity index (χ0n) is 10.5. The Balaban J connectivity index is 2.74. The number of halogens is 1. The normalized spacial score (nSPS) is 37.4. The summed E-state index contributed by atoms with van der Waals surface area (Å²) in [6.07, 6.45) is -8.09. The van der Waals surface area contributed by atoms with Crippen molar-refractivity contribution in [1.82, 2.24) is 0 Å². The van der Waals surface area contributed by atoms with Gasteiger partial charge in [0.25, 0.3) is 0 Å². The van der Waals surface area contributed by atoms with Crippen LogP contribution in [0, 0.1) is 5.41 Å². The summed E-state index contributed by atoms with van der Waals surface area (Å²) in [5, 5.41) is 28.0. The Kier molecular flexibility index (Phi) is 4.66. The van der Waals surface area contributed by atoms with Crippen LogP contribution >= 0.6 is 0 Å². The number of esters is 1. The molecule has 1 rings (SSSR count). The van der Waals surface area contributed by atoms with E-state index in [0.29, 0.717) is 0 Å². The van der Waals surface area contributed by atoms with Gasteiger partial charge in [0.05, 0.1) is 12.0 Å². The highest BCUT2D eigenvalue weighted by Gasteiger charge is 2.47. The van der Waals surface area contributed by atoms with Crippen LogP contribution in [0.5, 0.6) is 0 Å². The lowest BCUT2D eigenvalue weighted by atomic mass is 9.96. The quantitative estimate of drug-likeness (QED) is 0.575. The Hall–Kier alpha value is -0.760. The minimum atomic E-state index is -2.09. The molecule has 0 aromatic rings. The lowest BCUT2D eigenvalue weighted by Gasteiger charge is -2.39. The standard InChI is InChI=1S/C11H19FO6/c1-11(2,3)10(16)18-8-7(15)6(14)5(4-13)17-9(8)12/h5-9,13-15H,4H2,1-3H3/t5-,6-,7+,8+,9+/m1/s1. The maximum absolute atomic E-state index is 13.6. The minimum absolute atomic E-state index is 0.640. The molecule has 106 valence electrons. The van der Waals surface area contributed by atoms with Gasteiger partial charge in [-0.2, -0.15) is 0 Å². The summed E-state index contributed by atoms with van der Waals surface area (Å²) in [7, 11) is 0. The van der Waals surface area contributed by atoms with Crippen LogP contribution in [-0.2, 0) is 14.3 Å². The average molecular weight is 266 g/mol. The first-order valence-electron chi connectivity index (χ1n) is 5.66. The van der Waals surface area contributed by atoms with Gasteiger partial charge in [-0.3, -0.25) is 4.79 Å². The Morgan fingerprint density at radius 2 is 1.89 bits per heavy atom. The maximum Gasteiger partial charge on any atom is 0.311 e. The van der Waals surface area contributed by atoms with E-state index in [1.165, 1.54) is 0 Å². The molecule has 0 spiro atoms. The van der Waals surface area contributed by atoms with Gasteiger partial charge in [-0.1, -0.05) is 0 Å². The van der Waals surface area contributed by atoms with E-state index in [2.05, 4.69) is 4.74 Å². The molecule has 1 heterocycles. The van der Waals surface area contributed by atoms with E-state index in [1.54, 1.807) is 20.8 Å². The summed E-state index contributed by atoms with van der Waals surface area (Å²) in [6.45, 7) is 4.08. The molecule has 0 bridgehead atoms. The molecule has 6 nitrogen and oxygen atoms in total. The Morgan fingerprint density at radius 1 is 1.33 bits per heavy atom. The van der Waals surface area contributed by atoms with Crippen LogP contribution in [-0.4, -0.2) is 58.7 Å². The molecule has 0 saturated carbocycles. The zero-order valence-corrected chi connectivity index (χ0v) is 10.5. The van der Waals surface area contributed by atoms with Crippen LogP contribution < -0.4 is 0 Å². The molecule has 0 radical (unpaired) electrons. The van der Waals surface area contributed by atoms with Crippen molar-refractivity contribution >= 4 is 5.97 Å². The van der Waals surface area contributed by atoms with Crippen molar-refractivity contribution in [2.75, 3.05) is 6.61 Å². The van der Waals surface area contributed by atoms with Gasteiger partial charge in [0.1, 0.15) is 18.3 Å². The summed E-state index contributed by atoms with van der Waals surface area (Å²) < 4.78 is 23.0. The van der Waals surface area contributed by atoms with Gasteiger partial charge in [-0.25, -0.2) is 4.39 Å². The van der Waals surface area contributed by atoms with Crippen LogP contribution in [0.2, 0.25) is 0 Å². The van der Waals surface area contributed by atoms with E-state index in [0.717, 1.165) is 0 Å². The van der Waals surface area contributed by atoms with E-state index in [9.17, 15) is 19.4 Å². The summed E-state index contributed by atoms with van der Waals surface area (Å²) >= 11 is 0. The van der Waals surface area contributed by atoms with Crippen molar-refractivity contribution in [2.24, 2.45) is 5.41 Å². The van der Waals surface area contributed by atoms with Crippen molar-refractivity contribution in [3.63, 3.8) is 0 Å². The van der Waals surface area contributed by atoms with Crippen LogP contribution in [0.15, 0.2) is 0 Å². The molecule has 1 aliphatic heterocycles. The number of hydrogen-bond acceptors (Lipinski definition) is 6. The molecule has 0 amide bonds. The number of alkyl halides is 1. The number of ether oxygens (including phenoxy) is 2. The van der Waals surface area contributed by atoms with Crippen molar-refractivity contribution in [3.05, 3.63) is 0 Å². The highest BCUT2D eigenvalue weighted by atomic mass is 19.1. The lowest BCUT2D eigenvalue weighted by Crippen LogP contribution is -2.59. The average Bonchev–Trinajstić information content (AvgIpc) is 2.27. The zero-order chi connectivity index (χ0) is 14.1. The van der Waals surface area contributed by atoms with Crippen LogP contribution in [0.25, 0.3) is 0 Å². The van der Waals surface area contributed by atoms with E-state index < -0.39 is 48.8 Å². The first kappa shape index (κ1) is 15.3. The molecule has 1 aliphatic rings. The van der Waals surface area contributed by atoms with E-state index in [4.69, 9.17) is 9.84 Å². The largest absolute Gasteiger partial charge is 0.453 e. The highest BCUT2D eigenvalue weighted by molar-refractivity contribution is 5.75. The third kappa shape index (κ3) is 3.17. The molecule has 7 heteroatoms. The van der Waals surface area contributed by atoms with Crippen molar-refractivity contribution in [1.29, 1.82) is 0 Å². The number of carbonyl (C=O) groups is 1. The molecule has 3 N–H and O–H groups in total. The second-order valence-corrected chi connectivity index (χ2v) is 5.31. The number of rotatable bonds is 2. The van der Waals surface area contributed by atoms with Gasteiger partial charge >= 0.3 is 5.97 Å². The van der Waals surface area contributed by atoms with Crippen LogP contribution in [0.1, 0.15) is 20.8 Å². The van der Waals surface area contributed by atoms with Gasteiger partial charge in [-0.05, 0) is 20.8 Å². The Labute approximate surface area is 104 Å². The van der Waals surface area contributed by atoms with Crippen molar-refractivity contribution in [2.45, 2.75) is 51.5 Å². The third-order valence-electron chi connectivity index (χ3n) is 2.67. The van der Waals surface area contributed by atoms with Crippen molar-refractivity contribution < 1.29 is 34.0 Å². The molecule has 0 aromatic heterocycles. The number of aliphatic hydroxyl groups excluding tert-OH is 3. The molecular formula is C11H19FO6. The van der Waals surface area contributed by atoms with Gasteiger partial charge < -0.3 is 24.8 Å². The smallest absolute Gasteiger partial charge is 0.311 e. The summed E-state index contributed by atoms with van der Waals surface area (Å²) in [5.41, 5.74) is -0.863. The number of aliphatic hydroxyl groups is 3. The van der Waals surface area contributed by atoms with Crippen LogP contribution in [0.3, 0.4) is 0 Å². The molecular weight excluding hydrogens is 247 g/mol. The Morgan fingerprint density at radius 3 is 2.33 bits per heavy atom. The first-order chi connectivity index (χ1) is 8.18. The van der Waals surface area contributed by atoms with E-state index in [1.807, 2.05) is 0 Å². The van der Waals surface area contributed by atoms with Crippen LogP contribution in [0.4, 0.5) is 4.39 Å². The fourth-order valence-electron chi connectivity index (χ4n) is 1.47. The predicted octanol–water partition coefficient (Wildman–Crippen LogP) is -0.647. The fourth-order valence-corrected chi connectivity index (χ4v) is 1.47. The van der Waals surface area contributed by atoms with Gasteiger partial charge in [0.2, 0.25) is 6.36 Å². The second-order valence-electron chi connectivity index (χ2n) is 5.31. The van der Waals surface area contributed by atoms with Gasteiger partial charge in [0.15, 0.2) is 6.10 Å². The number of hydrogen-bond donors (Lipinski definition) is 3. The molecule has 1 fully saturated rings. The topological polar surface area (TPSA) is 96.2 Å². The summed E-state index contributed by atoms with van der Waals surface area (Å²) in [6, 6.07) is 0. The van der Waals surface area contributed by atoms with E-state index in [-0.39, 0.29) is 0 Å². The Bertz CT molecular complexity index is 302. The SMILES string of the molecule is CC(C)(C)C(=O)O[C@H]1[C@@H](O)[C@H](O)[C@@H](CO)O[C@@H]1F. The molecule has 5 atom stereocenters.